The standard InChI is InChI=1S/BH3O3.2K.H3O4P/c2-1(3)4;;;1-5(2,3)4/h2-4H;;;(H3,1,2,3,4)/q;2*+1;/p-2. The van der Waals surface area contributed by atoms with Crippen LogP contribution in [0.5, 0.6) is 0 Å². The van der Waals surface area contributed by atoms with Gasteiger partial charge in [-0.2, -0.15) is 7.82 Å². The van der Waals surface area contributed by atoms with Crippen molar-refractivity contribution in [1.29, 1.82) is 0 Å². The number of rotatable bonds is 0. The molecule has 0 bridgehead atoms. The number of hydrogen-bond acceptors (Lipinski definition) is 7. The predicted octanol–water partition coefficient (Wildman–Crippen LogP) is -10.8. The third-order valence-corrected chi connectivity index (χ3v) is 0. The first-order valence-corrected chi connectivity index (χ1v) is 2.97. The third kappa shape index (κ3) is 154. The van der Waals surface area contributed by atoms with Crippen LogP contribution < -0.4 is 117 Å². The molecule has 0 heterocycles. The third-order valence-electron chi connectivity index (χ3n) is 0. The largest absolute Gasteiger partial charge is 1.00 e. The molecule has 0 amide bonds. The topological polar surface area (TPSA) is 147 Å². The zero-order valence-corrected chi connectivity index (χ0v) is 13.1. The average Bonchev–Trinajstić information content (AvgIpc) is 1.19. The molecule has 0 aliphatic rings. The van der Waals surface area contributed by atoms with Gasteiger partial charge in [-0.25, -0.2) is 0 Å². The summed E-state index contributed by atoms with van der Waals surface area (Å²) in [6.45, 7) is 0. The van der Waals surface area contributed by atoms with Crippen LogP contribution in [0.3, 0.4) is 0 Å². The van der Waals surface area contributed by atoms with Gasteiger partial charge in [-0.05, 0) is 0 Å². The second-order valence-corrected chi connectivity index (χ2v) is 1.69. The van der Waals surface area contributed by atoms with Crippen molar-refractivity contribution in [2.45, 2.75) is 0 Å². The molecule has 0 spiro atoms. The van der Waals surface area contributed by atoms with E-state index in [0.29, 0.717) is 0 Å². The SMILES string of the molecule is O=P([O-])([O-])[O-].OB(O)O.[H+].[K+].[K+]. The molecule has 11 heavy (non-hydrogen) atoms. The molecule has 0 saturated heterocycles. The van der Waals surface area contributed by atoms with E-state index in [9.17, 15) is 0 Å². The maximum Gasteiger partial charge on any atom is 1.00 e. The molecule has 0 aromatic carbocycles. The van der Waals surface area contributed by atoms with Crippen LogP contribution in [0.1, 0.15) is 1.43 Å². The molecule has 7 nitrogen and oxygen atoms in total. The Morgan fingerprint density at radius 1 is 1.09 bits per heavy atom. The smallest absolute Gasteiger partial charge is 0.822 e. The van der Waals surface area contributed by atoms with Crippen LogP contribution in [0.25, 0.3) is 0 Å². The van der Waals surface area contributed by atoms with Gasteiger partial charge in [0.25, 0.3) is 0 Å². The number of phosphoric acid groups is 1. The first-order valence-electron chi connectivity index (χ1n) is 1.50. The van der Waals surface area contributed by atoms with Crippen LogP contribution in [-0.4, -0.2) is 22.4 Å². The van der Waals surface area contributed by atoms with Gasteiger partial charge in [-0.3, -0.25) is 0 Å². The Morgan fingerprint density at radius 3 is 1.09 bits per heavy atom. The zero-order valence-electron chi connectivity index (χ0n) is 7.00. The maximum atomic E-state index is 8.55. The second kappa shape index (κ2) is 13.3. The molecule has 11 heteroatoms. The van der Waals surface area contributed by atoms with Gasteiger partial charge >= 0.3 is 112 Å². The van der Waals surface area contributed by atoms with Crippen LogP contribution in [0, 0.1) is 0 Å². The maximum absolute atomic E-state index is 8.55. The van der Waals surface area contributed by atoms with Gasteiger partial charge in [0.1, 0.15) is 0 Å². The van der Waals surface area contributed by atoms with E-state index in [0.717, 1.165) is 0 Å². The summed E-state index contributed by atoms with van der Waals surface area (Å²) in [7, 11) is -7.56. The molecule has 3 N–H and O–H groups in total. The molecule has 0 unspecified atom stereocenters. The van der Waals surface area contributed by atoms with E-state index < -0.39 is 15.1 Å². The van der Waals surface area contributed by atoms with Crippen molar-refractivity contribution in [3.63, 3.8) is 0 Å². The fourth-order valence-electron chi connectivity index (χ4n) is 0. The fourth-order valence-corrected chi connectivity index (χ4v) is 0. The number of hydrogen-bond donors (Lipinski definition) is 3. The molecule has 0 rings (SSSR count). The summed E-state index contributed by atoms with van der Waals surface area (Å²) < 4.78 is 8.55. The Labute approximate surface area is 150 Å². The van der Waals surface area contributed by atoms with Gasteiger partial charge in [0.2, 0.25) is 0 Å². The summed E-state index contributed by atoms with van der Waals surface area (Å²) in [5, 5.41) is 21.5. The molecular weight excluding hydrogens is 232 g/mol. The first kappa shape index (κ1) is 23.9. The molecule has 0 saturated carbocycles. The Balaban J connectivity index is -0.0000000221. The molecule has 0 aromatic rings. The first-order chi connectivity index (χ1) is 3.73. The zero-order chi connectivity index (χ0) is 8.08. The van der Waals surface area contributed by atoms with Crippen molar-refractivity contribution < 1.29 is 139 Å². The Kier molecular flexibility index (Phi) is 28.9. The quantitative estimate of drug-likeness (QED) is 0.279. The van der Waals surface area contributed by atoms with E-state index in [2.05, 4.69) is 0 Å². The van der Waals surface area contributed by atoms with Gasteiger partial charge in [0, 0.05) is 0 Å². The van der Waals surface area contributed by atoms with Crippen LogP contribution >= 0.6 is 7.82 Å². The van der Waals surface area contributed by atoms with Gasteiger partial charge in [0.05, 0.1) is 0 Å². The fraction of sp³-hybridized carbons (Fsp3) is 0. The van der Waals surface area contributed by atoms with Gasteiger partial charge in [-0.1, -0.05) is 0 Å². The van der Waals surface area contributed by atoms with E-state index >= 15 is 0 Å². The van der Waals surface area contributed by atoms with Crippen LogP contribution in [0.4, 0.5) is 0 Å². The summed E-state index contributed by atoms with van der Waals surface area (Å²) in [6.07, 6.45) is 0. The minimum atomic E-state index is -5.39. The monoisotopic (exact) mass is 236 g/mol. The van der Waals surface area contributed by atoms with E-state index in [1.807, 2.05) is 0 Å². The summed E-state index contributed by atoms with van der Waals surface area (Å²) in [6, 6.07) is 0. The summed E-state index contributed by atoms with van der Waals surface area (Å²) >= 11 is 0. The molecular formula is H4BK2O7P. The van der Waals surface area contributed by atoms with Crippen LogP contribution in [0.15, 0.2) is 0 Å². The molecule has 0 aliphatic carbocycles. The molecule has 0 aliphatic heterocycles. The van der Waals surface area contributed by atoms with Crippen molar-refractivity contribution in [1.82, 2.24) is 0 Å². The second-order valence-electron chi connectivity index (χ2n) is 0.794. The normalized spacial score (nSPS) is 7.82. The van der Waals surface area contributed by atoms with Crippen molar-refractivity contribution in [2.24, 2.45) is 0 Å². The van der Waals surface area contributed by atoms with E-state index in [1.165, 1.54) is 0 Å². The van der Waals surface area contributed by atoms with Gasteiger partial charge in [-0.15, -0.1) is 0 Å². The Bertz CT molecular complexity index is 92.6. The van der Waals surface area contributed by atoms with Gasteiger partial charge < -0.3 is 34.3 Å². The summed E-state index contributed by atoms with van der Waals surface area (Å²) in [4.78, 5) is 25.6. The predicted molar refractivity (Wildman–Crippen MR) is 21.1 cm³/mol. The van der Waals surface area contributed by atoms with Gasteiger partial charge in [0.15, 0.2) is 0 Å². The summed E-state index contributed by atoms with van der Waals surface area (Å²) in [5.74, 6) is 0. The van der Waals surface area contributed by atoms with Crippen LogP contribution in [0.2, 0.25) is 0 Å². The van der Waals surface area contributed by atoms with Crippen molar-refractivity contribution >= 4 is 15.1 Å². The minimum Gasteiger partial charge on any atom is -0.822 e. The van der Waals surface area contributed by atoms with Crippen molar-refractivity contribution in [3.8, 4) is 0 Å². The van der Waals surface area contributed by atoms with Crippen molar-refractivity contribution in [3.05, 3.63) is 0 Å². The average molecular weight is 236 g/mol. The van der Waals surface area contributed by atoms with E-state index in [-0.39, 0.29) is 104 Å². The van der Waals surface area contributed by atoms with E-state index in [1.54, 1.807) is 0 Å². The molecule has 56 valence electrons. The van der Waals surface area contributed by atoms with E-state index in [4.69, 9.17) is 34.3 Å². The summed E-state index contributed by atoms with van der Waals surface area (Å²) in [5.41, 5.74) is 0. The molecule has 0 fully saturated rings. The van der Waals surface area contributed by atoms with Crippen LogP contribution in [-0.2, 0) is 4.57 Å². The molecule has 0 aromatic heterocycles. The Hall–Kier alpha value is 3.33. The molecule has 0 atom stereocenters. The molecule has 0 radical (unpaired) electrons. The Morgan fingerprint density at radius 2 is 1.09 bits per heavy atom. The minimum absolute atomic E-state index is 0. The van der Waals surface area contributed by atoms with Crippen molar-refractivity contribution in [2.75, 3.05) is 0 Å².